The lowest BCUT2D eigenvalue weighted by atomic mass is 9.69. The fraction of sp³-hybridized carbons (Fsp3) is 0.400. The number of ether oxygens (including phenoxy) is 2. The Morgan fingerprint density at radius 1 is 1.10 bits per heavy atom. The third kappa shape index (κ3) is 4.24. The Morgan fingerprint density at radius 3 is 2.58 bits per heavy atom. The Hall–Kier alpha value is -3.02. The van der Waals surface area contributed by atoms with Crippen LogP contribution in [0.15, 0.2) is 46.9 Å². The number of fused-ring (bicyclic) bond motifs is 1. The third-order valence-corrected chi connectivity index (χ3v) is 6.30. The quantitative estimate of drug-likeness (QED) is 0.569. The average Bonchev–Trinajstić information content (AvgIpc) is 3.20. The summed E-state index contributed by atoms with van der Waals surface area (Å²) in [7, 11) is 2.93. The van der Waals surface area contributed by atoms with Crippen LogP contribution in [0.4, 0.5) is 4.39 Å². The van der Waals surface area contributed by atoms with Crippen molar-refractivity contribution in [1.29, 1.82) is 0 Å². The summed E-state index contributed by atoms with van der Waals surface area (Å²) >= 11 is 0. The van der Waals surface area contributed by atoms with E-state index in [4.69, 9.17) is 13.9 Å². The van der Waals surface area contributed by atoms with Gasteiger partial charge < -0.3 is 19.2 Å². The molecule has 1 aliphatic carbocycles. The summed E-state index contributed by atoms with van der Waals surface area (Å²) < 4.78 is 31.7. The van der Waals surface area contributed by atoms with Gasteiger partial charge in [0.2, 0.25) is 5.91 Å². The minimum atomic E-state index is -0.467. The van der Waals surface area contributed by atoms with Gasteiger partial charge in [-0.3, -0.25) is 4.79 Å². The second-order valence-electron chi connectivity index (χ2n) is 8.21. The van der Waals surface area contributed by atoms with E-state index in [-0.39, 0.29) is 18.1 Å². The molecule has 164 valence electrons. The van der Waals surface area contributed by atoms with E-state index in [2.05, 4.69) is 5.32 Å². The number of hydrogen-bond donors (Lipinski definition) is 1. The molecule has 2 aromatic carbocycles. The lowest BCUT2D eigenvalue weighted by molar-refractivity contribution is -0.121. The van der Waals surface area contributed by atoms with Crippen LogP contribution in [0.25, 0.3) is 11.0 Å². The summed E-state index contributed by atoms with van der Waals surface area (Å²) in [4.78, 5) is 12.7. The van der Waals surface area contributed by atoms with Crippen LogP contribution in [0.1, 0.15) is 43.4 Å². The van der Waals surface area contributed by atoms with Gasteiger partial charge in [0.25, 0.3) is 0 Å². The number of amides is 1. The minimum Gasteiger partial charge on any atom is -0.493 e. The number of carbonyl (C=O) groups is 1. The molecule has 0 aliphatic heterocycles. The van der Waals surface area contributed by atoms with E-state index in [1.165, 1.54) is 14.2 Å². The largest absolute Gasteiger partial charge is 0.493 e. The minimum absolute atomic E-state index is 0.110. The predicted octanol–water partition coefficient (Wildman–Crippen LogP) is 5.15. The molecule has 3 aromatic rings. The molecular formula is C25H28FNO4. The van der Waals surface area contributed by atoms with E-state index >= 15 is 4.39 Å². The molecule has 1 amide bonds. The van der Waals surface area contributed by atoms with Crippen molar-refractivity contribution in [3.8, 4) is 11.5 Å². The van der Waals surface area contributed by atoms with Crippen LogP contribution >= 0.6 is 0 Å². The van der Waals surface area contributed by atoms with Crippen LogP contribution in [0.2, 0.25) is 0 Å². The fourth-order valence-electron chi connectivity index (χ4n) is 4.68. The molecule has 1 saturated carbocycles. The van der Waals surface area contributed by atoms with E-state index in [9.17, 15) is 4.79 Å². The molecule has 0 unspecified atom stereocenters. The van der Waals surface area contributed by atoms with Crippen LogP contribution < -0.4 is 14.8 Å². The lowest BCUT2D eigenvalue weighted by Gasteiger charge is -2.38. The normalized spacial score (nSPS) is 15.6. The molecule has 1 aromatic heterocycles. The summed E-state index contributed by atoms with van der Waals surface area (Å²) in [5.41, 5.74) is 0.876. The van der Waals surface area contributed by atoms with Gasteiger partial charge in [-0.2, -0.15) is 0 Å². The van der Waals surface area contributed by atoms with Gasteiger partial charge in [0, 0.05) is 17.3 Å². The van der Waals surface area contributed by atoms with Crippen LogP contribution in [0.5, 0.6) is 11.5 Å². The van der Waals surface area contributed by atoms with Gasteiger partial charge in [-0.05, 0) is 36.6 Å². The molecule has 31 heavy (non-hydrogen) atoms. The second kappa shape index (κ2) is 9.00. The molecule has 1 fully saturated rings. The number of benzene rings is 2. The molecule has 0 bridgehead atoms. The first-order valence-electron chi connectivity index (χ1n) is 10.7. The number of carbonyl (C=O) groups excluding carboxylic acids is 1. The van der Waals surface area contributed by atoms with Gasteiger partial charge in [0.1, 0.15) is 11.3 Å². The van der Waals surface area contributed by atoms with Crippen molar-refractivity contribution in [2.75, 3.05) is 20.8 Å². The molecule has 5 nitrogen and oxygen atoms in total. The van der Waals surface area contributed by atoms with Gasteiger partial charge in [-0.1, -0.05) is 43.5 Å². The molecular weight excluding hydrogens is 397 g/mol. The Bertz CT molecular complexity index is 1040. The zero-order chi connectivity index (χ0) is 21.8. The van der Waals surface area contributed by atoms with Gasteiger partial charge in [0.05, 0.1) is 20.6 Å². The molecule has 6 heteroatoms. The van der Waals surface area contributed by atoms with Gasteiger partial charge in [-0.15, -0.1) is 0 Å². The monoisotopic (exact) mass is 425 g/mol. The topological polar surface area (TPSA) is 60.7 Å². The summed E-state index contributed by atoms with van der Waals surface area (Å²) in [6.07, 6.45) is 4.87. The van der Waals surface area contributed by atoms with Crippen molar-refractivity contribution in [3.05, 3.63) is 59.6 Å². The maximum Gasteiger partial charge on any atom is 0.227 e. The summed E-state index contributed by atoms with van der Waals surface area (Å²) in [6.45, 7) is 0.373. The molecule has 1 heterocycles. The maximum atomic E-state index is 15.4. The SMILES string of the molecule is COc1ccc(C2(CNC(=O)Cc3cc4ccccc4o3)CCCCC2)c(F)c1OC. The number of hydrogen-bond acceptors (Lipinski definition) is 4. The zero-order valence-corrected chi connectivity index (χ0v) is 18.0. The number of halogens is 1. The fourth-order valence-corrected chi connectivity index (χ4v) is 4.68. The maximum absolute atomic E-state index is 15.4. The molecule has 0 saturated heterocycles. The Balaban J connectivity index is 1.53. The highest BCUT2D eigenvalue weighted by atomic mass is 19.1. The Labute approximate surface area is 181 Å². The van der Waals surface area contributed by atoms with E-state index in [0.29, 0.717) is 23.6 Å². The highest BCUT2D eigenvalue weighted by Crippen LogP contribution is 2.44. The summed E-state index contributed by atoms with van der Waals surface area (Å²) in [6, 6.07) is 13.1. The number of para-hydroxylation sites is 1. The first-order chi connectivity index (χ1) is 15.1. The predicted molar refractivity (Wildman–Crippen MR) is 117 cm³/mol. The lowest BCUT2D eigenvalue weighted by Crippen LogP contribution is -2.43. The zero-order valence-electron chi connectivity index (χ0n) is 18.0. The van der Waals surface area contributed by atoms with E-state index < -0.39 is 11.2 Å². The molecule has 1 N–H and O–H groups in total. The standard InChI is InChI=1S/C25H28FNO4/c1-29-21-11-10-19(23(26)24(21)30-2)25(12-6-3-7-13-25)16-27-22(28)15-18-14-17-8-4-5-9-20(17)31-18/h4-5,8-11,14H,3,6-7,12-13,15-16H2,1-2H3,(H,27,28). The van der Waals surface area contributed by atoms with Crippen molar-refractivity contribution < 1.29 is 23.1 Å². The van der Waals surface area contributed by atoms with E-state index in [1.54, 1.807) is 12.1 Å². The number of furan rings is 1. The van der Waals surface area contributed by atoms with Gasteiger partial charge in [-0.25, -0.2) is 4.39 Å². The van der Waals surface area contributed by atoms with Crippen molar-refractivity contribution >= 4 is 16.9 Å². The van der Waals surface area contributed by atoms with Crippen LogP contribution in [0, 0.1) is 5.82 Å². The van der Waals surface area contributed by atoms with E-state index in [0.717, 1.165) is 43.1 Å². The number of nitrogens with one attached hydrogen (secondary N) is 1. The summed E-state index contributed by atoms with van der Waals surface area (Å²) in [5.74, 6) is 0.552. The van der Waals surface area contributed by atoms with Gasteiger partial charge >= 0.3 is 0 Å². The first kappa shape index (κ1) is 21.2. The highest BCUT2D eigenvalue weighted by molar-refractivity contribution is 5.82. The Morgan fingerprint density at radius 2 is 1.87 bits per heavy atom. The highest BCUT2D eigenvalue weighted by Gasteiger charge is 2.38. The second-order valence-corrected chi connectivity index (χ2v) is 8.21. The first-order valence-corrected chi connectivity index (χ1v) is 10.7. The molecule has 0 spiro atoms. The third-order valence-electron chi connectivity index (χ3n) is 6.30. The number of methoxy groups -OCH3 is 2. The van der Waals surface area contributed by atoms with Gasteiger partial charge in [0.15, 0.2) is 17.3 Å². The Kier molecular flexibility index (Phi) is 6.16. The van der Waals surface area contributed by atoms with E-state index in [1.807, 2.05) is 30.3 Å². The van der Waals surface area contributed by atoms with Crippen LogP contribution in [-0.2, 0) is 16.6 Å². The molecule has 0 atom stereocenters. The van der Waals surface area contributed by atoms with Crippen molar-refractivity contribution in [2.24, 2.45) is 0 Å². The smallest absolute Gasteiger partial charge is 0.227 e. The summed E-state index contributed by atoms with van der Waals surface area (Å²) in [5, 5.41) is 4.01. The average molecular weight is 426 g/mol. The number of rotatable bonds is 7. The van der Waals surface area contributed by atoms with Crippen molar-refractivity contribution in [3.63, 3.8) is 0 Å². The molecule has 1 aliphatic rings. The van der Waals surface area contributed by atoms with Crippen LogP contribution in [0.3, 0.4) is 0 Å². The molecule has 0 radical (unpaired) electrons. The van der Waals surface area contributed by atoms with Crippen LogP contribution in [-0.4, -0.2) is 26.7 Å². The molecule has 4 rings (SSSR count). The van der Waals surface area contributed by atoms with Crippen molar-refractivity contribution in [1.82, 2.24) is 5.32 Å². The van der Waals surface area contributed by atoms with Crippen molar-refractivity contribution in [2.45, 2.75) is 43.9 Å².